The van der Waals surface area contributed by atoms with E-state index < -0.39 is 25.1 Å². The van der Waals surface area contributed by atoms with E-state index in [0.717, 1.165) is 77.0 Å². The Hall–Kier alpha value is -0.180. The lowest BCUT2D eigenvalue weighted by Crippen LogP contribution is -2.42. The van der Waals surface area contributed by atoms with Crippen molar-refractivity contribution in [1.82, 2.24) is 8.61 Å². The smallest absolute Gasteiger partial charge is 0.211 e. The molecule has 0 amide bonds. The molecule has 0 saturated carbocycles. The Morgan fingerprint density at radius 2 is 0.512 bits per heavy atom. The highest BCUT2D eigenvalue weighted by Gasteiger charge is 2.32. The standard InChI is InChI=1S/C33H70N2O4S2/c1-5-9-13-17-21-25-29-34(30-26-22-18-14-10-6-2)40(36,37)33-41(38,39)35(31-27-23-19-15-11-7-3)32-28-24-20-16-12-8-4/h5-33H2,1-4H3. The van der Waals surface area contributed by atoms with Crippen LogP contribution in [0.2, 0.25) is 0 Å². The molecule has 6 nitrogen and oxygen atoms in total. The van der Waals surface area contributed by atoms with Crippen LogP contribution >= 0.6 is 0 Å². The van der Waals surface area contributed by atoms with Gasteiger partial charge in [0.1, 0.15) is 0 Å². The Labute approximate surface area is 257 Å². The van der Waals surface area contributed by atoms with Crippen LogP contribution in [0, 0.1) is 0 Å². The van der Waals surface area contributed by atoms with Crippen molar-refractivity contribution in [2.75, 3.05) is 31.3 Å². The Morgan fingerprint density at radius 1 is 0.317 bits per heavy atom. The van der Waals surface area contributed by atoms with Crippen LogP contribution in [0.3, 0.4) is 0 Å². The zero-order valence-electron chi connectivity index (χ0n) is 27.9. The normalized spacial score (nSPS) is 12.6. The first-order valence-corrected chi connectivity index (χ1v) is 20.9. The third kappa shape index (κ3) is 22.9. The molecule has 0 aromatic carbocycles. The van der Waals surface area contributed by atoms with E-state index in [9.17, 15) is 16.8 Å². The fraction of sp³-hybridized carbons (Fsp3) is 1.00. The largest absolute Gasteiger partial charge is 0.229 e. The molecule has 248 valence electrons. The van der Waals surface area contributed by atoms with E-state index in [1.165, 1.54) is 85.7 Å². The summed E-state index contributed by atoms with van der Waals surface area (Å²) in [5.41, 5.74) is 0. The van der Waals surface area contributed by atoms with Crippen LogP contribution in [0.4, 0.5) is 0 Å². The van der Waals surface area contributed by atoms with Gasteiger partial charge in [0.05, 0.1) is 0 Å². The molecule has 0 bridgehead atoms. The lowest BCUT2D eigenvalue weighted by molar-refractivity contribution is 0.377. The van der Waals surface area contributed by atoms with Gasteiger partial charge in [0.25, 0.3) is 0 Å². The third-order valence-electron chi connectivity index (χ3n) is 8.13. The Kier molecular flexibility index (Phi) is 27.3. The predicted molar refractivity (Wildman–Crippen MR) is 179 cm³/mol. The van der Waals surface area contributed by atoms with Crippen molar-refractivity contribution in [1.29, 1.82) is 0 Å². The number of hydrogen-bond acceptors (Lipinski definition) is 4. The highest BCUT2D eigenvalue weighted by molar-refractivity contribution is 8.05. The second-order valence-corrected chi connectivity index (χ2v) is 16.5. The lowest BCUT2D eigenvalue weighted by Gasteiger charge is -2.26. The Bertz CT molecular complexity index is 676. The highest BCUT2D eigenvalue weighted by Crippen LogP contribution is 2.17. The van der Waals surface area contributed by atoms with E-state index in [4.69, 9.17) is 0 Å². The molecule has 0 atom stereocenters. The molecule has 8 heteroatoms. The van der Waals surface area contributed by atoms with Gasteiger partial charge < -0.3 is 0 Å². The summed E-state index contributed by atoms with van der Waals surface area (Å²) in [6.07, 6.45) is 26.0. The van der Waals surface area contributed by atoms with Crippen molar-refractivity contribution in [3.05, 3.63) is 0 Å². The van der Waals surface area contributed by atoms with Crippen molar-refractivity contribution in [2.24, 2.45) is 0 Å². The van der Waals surface area contributed by atoms with Crippen LogP contribution in [0.25, 0.3) is 0 Å². The minimum Gasteiger partial charge on any atom is -0.211 e. The fourth-order valence-electron chi connectivity index (χ4n) is 5.39. The van der Waals surface area contributed by atoms with Crippen LogP contribution in [-0.2, 0) is 20.0 Å². The van der Waals surface area contributed by atoms with Crippen molar-refractivity contribution >= 4 is 20.0 Å². The molecule has 0 fully saturated rings. The van der Waals surface area contributed by atoms with Gasteiger partial charge in [0, 0.05) is 26.2 Å². The van der Waals surface area contributed by atoms with Crippen LogP contribution in [-0.4, -0.2) is 56.7 Å². The molecule has 0 spiro atoms. The quantitative estimate of drug-likeness (QED) is 0.0700. The number of unbranched alkanes of at least 4 members (excludes halogenated alkanes) is 20. The van der Waals surface area contributed by atoms with E-state index in [1.54, 1.807) is 0 Å². The Balaban J connectivity index is 5.30. The topological polar surface area (TPSA) is 74.8 Å². The van der Waals surface area contributed by atoms with Crippen molar-refractivity contribution in [2.45, 2.75) is 182 Å². The average Bonchev–Trinajstić information content (AvgIpc) is 2.93. The number of sulfonamides is 2. The van der Waals surface area contributed by atoms with Gasteiger partial charge in [-0.05, 0) is 25.7 Å². The summed E-state index contributed by atoms with van der Waals surface area (Å²) in [6.45, 7) is 10.5. The van der Waals surface area contributed by atoms with Crippen LogP contribution < -0.4 is 0 Å². The SMILES string of the molecule is CCCCCCCCN(CCCCCCCC)S(=O)(=O)CS(=O)(=O)N(CCCCCCCC)CCCCCCCC. The lowest BCUT2D eigenvalue weighted by atomic mass is 10.1. The average molecular weight is 623 g/mol. The van der Waals surface area contributed by atoms with Gasteiger partial charge in [0.2, 0.25) is 20.0 Å². The van der Waals surface area contributed by atoms with E-state index in [0.29, 0.717) is 26.2 Å². The molecule has 0 rings (SSSR count). The summed E-state index contributed by atoms with van der Waals surface area (Å²) >= 11 is 0. The number of hydrogen-bond donors (Lipinski definition) is 0. The zero-order valence-corrected chi connectivity index (χ0v) is 29.5. The zero-order chi connectivity index (χ0) is 30.7. The predicted octanol–water partition coefficient (Wildman–Crippen LogP) is 9.65. The van der Waals surface area contributed by atoms with Crippen molar-refractivity contribution < 1.29 is 16.8 Å². The molecule has 0 saturated heterocycles. The molecule has 0 radical (unpaired) electrons. The molecule has 41 heavy (non-hydrogen) atoms. The molecule has 0 unspecified atom stereocenters. The van der Waals surface area contributed by atoms with E-state index in [2.05, 4.69) is 27.7 Å². The first kappa shape index (κ1) is 40.8. The maximum atomic E-state index is 13.6. The number of rotatable bonds is 32. The minimum absolute atomic E-state index is 0.438. The maximum absolute atomic E-state index is 13.6. The molecule has 0 aliphatic carbocycles. The van der Waals surface area contributed by atoms with Gasteiger partial charge >= 0.3 is 0 Å². The van der Waals surface area contributed by atoms with Gasteiger partial charge in [-0.15, -0.1) is 0 Å². The first-order valence-electron chi connectivity index (χ1n) is 17.7. The van der Waals surface area contributed by atoms with Gasteiger partial charge in [0.15, 0.2) is 5.08 Å². The molecular weight excluding hydrogens is 553 g/mol. The summed E-state index contributed by atoms with van der Waals surface area (Å²) < 4.78 is 57.4. The van der Waals surface area contributed by atoms with Gasteiger partial charge in [-0.1, -0.05) is 156 Å². The summed E-state index contributed by atoms with van der Waals surface area (Å²) in [6, 6.07) is 0. The number of nitrogens with zero attached hydrogens (tertiary/aromatic N) is 2. The molecule has 0 aliphatic rings. The molecule has 0 N–H and O–H groups in total. The molecule has 0 aliphatic heterocycles. The van der Waals surface area contributed by atoms with Gasteiger partial charge in [-0.25, -0.2) is 25.4 Å². The van der Waals surface area contributed by atoms with Crippen LogP contribution in [0.1, 0.15) is 182 Å². The first-order chi connectivity index (χ1) is 19.7. The van der Waals surface area contributed by atoms with Crippen molar-refractivity contribution in [3.8, 4) is 0 Å². The van der Waals surface area contributed by atoms with E-state index in [-0.39, 0.29) is 0 Å². The fourth-order valence-corrected chi connectivity index (χ4v) is 9.72. The van der Waals surface area contributed by atoms with Crippen LogP contribution in [0.15, 0.2) is 0 Å². The second-order valence-electron chi connectivity index (χ2n) is 12.2. The molecule has 0 aromatic heterocycles. The minimum atomic E-state index is -3.90. The summed E-state index contributed by atoms with van der Waals surface area (Å²) in [5.74, 6) is 0. The van der Waals surface area contributed by atoms with E-state index >= 15 is 0 Å². The second kappa shape index (κ2) is 27.4. The monoisotopic (exact) mass is 622 g/mol. The van der Waals surface area contributed by atoms with Gasteiger partial charge in [-0.2, -0.15) is 0 Å². The van der Waals surface area contributed by atoms with E-state index in [1.807, 2.05) is 0 Å². The summed E-state index contributed by atoms with van der Waals surface area (Å²) in [7, 11) is -7.80. The summed E-state index contributed by atoms with van der Waals surface area (Å²) in [4.78, 5) is 0. The summed E-state index contributed by atoms with van der Waals surface area (Å²) in [5, 5.41) is -0.780. The molecular formula is C33H70N2O4S2. The van der Waals surface area contributed by atoms with Crippen LogP contribution in [0.5, 0.6) is 0 Å². The van der Waals surface area contributed by atoms with Gasteiger partial charge in [-0.3, -0.25) is 0 Å². The highest BCUT2D eigenvalue weighted by atomic mass is 32.3. The maximum Gasteiger partial charge on any atom is 0.229 e. The Morgan fingerprint density at radius 3 is 0.732 bits per heavy atom. The molecule has 0 aromatic rings. The molecule has 0 heterocycles. The van der Waals surface area contributed by atoms with Crippen molar-refractivity contribution in [3.63, 3.8) is 0 Å². The third-order valence-corrected chi connectivity index (χ3v) is 12.8.